The molecular weight excluding hydrogens is 526 g/mol. The van der Waals surface area contributed by atoms with Gasteiger partial charge in [0.15, 0.2) is 5.82 Å². The van der Waals surface area contributed by atoms with Gasteiger partial charge in [0.25, 0.3) is 5.91 Å². The van der Waals surface area contributed by atoms with Gasteiger partial charge in [0.05, 0.1) is 24.5 Å². The smallest absolute Gasteiger partial charge is 0.254 e. The maximum absolute atomic E-state index is 14.7. The van der Waals surface area contributed by atoms with Crippen LogP contribution in [-0.2, 0) is 20.8 Å². The molecule has 1 aromatic carbocycles. The summed E-state index contributed by atoms with van der Waals surface area (Å²) in [6.07, 6.45) is -0.0573. The van der Waals surface area contributed by atoms with E-state index in [9.17, 15) is 18.7 Å². The van der Waals surface area contributed by atoms with Crippen LogP contribution in [0.25, 0.3) is 0 Å². The van der Waals surface area contributed by atoms with Crippen LogP contribution < -0.4 is 10.1 Å². The number of amides is 1. The molecule has 0 aliphatic carbocycles. The second-order valence-electron chi connectivity index (χ2n) is 9.20. The van der Waals surface area contributed by atoms with Crippen molar-refractivity contribution in [1.82, 2.24) is 9.88 Å². The number of anilines is 1. The Kier molecular flexibility index (Phi) is 8.05. The Bertz CT molecular complexity index is 1190. The van der Waals surface area contributed by atoms with Crippen LogP contribution in [0.15, 0.2) is 23.2 Å². The number of carbonyl (C=O) groups is 1. The third kappa shape index (κ3) is 5.45. The van der Waals surface area contributed by atoms with Gasteiger partial charge >= 0.3 is 0 Å². The summed E-state index contributed by atoms with van der Waals surface area (Å²) in [6, 6.07) is 3.50. The normalized spacial score (nSPS) is 24.5. The largest absolute Gasteiger partial charge is 0.471 e. The maximum atomic E-state index is 14.7. The van der Waals surface area contributed by atoms with Gasteiger partial charge in [-0.1, -0.05) is 11.6 Å². The Morgan fingerprint density at radius 2 is 1.92 bits per heavy atom. The van der Waals surface area contributed by atoms with Crippen LogP contribution in [0, 0.1) is 11.6 Å². The highest BCUT2D eigenvalue weighted by Crippen LogP contribution is 2.34. The highest BCUT2D eigenvalue weighted by atomic mass is 35.5. The topological polar surface area (TPSA) is 115 Å². The molecule has 0 radical (unpaired) electrons. The van der Waals surface area contributed by atoms with E-state index >= 15 is 0 Å². The molecule has 0 saturated carbocycles. The van der Waals surface area contributed by atoms with Crippen molar-refractivity contribution >= 4 is 35.7 Å². The van der Waals surface area contributed by atoms with Crippen molar-refractivity contribution in [2.75, 3.05) is 38.4 Å². The van der Waals surface area contributed by atoms with Crippen molar-refractivity contribution in [2.24, 2.45) is 4.99 Å². The molecule has 2 aromatic rings. The van der Waals surface area contributed by atoms with Gasteiger partial charge in [-0.25, -0.2) is 13.8 Å². The molecule has 1 aromatic heterocycles. The summed E-state index contributed by atoms with van der Waals surface area (Å²) in [5, 5.41) is 12.9. The van der Waals surface area contributed by atoms with Gasteiger partial charge in [-0.15, -0.1) is 0 Å². The molecule has 13 heteroatoms. The summed E-state index contributed by atoms with van der Waals surface area (Å²) in [7, 11) is 0. The molecular formula is C25H27ClF2N4O6. The number of aromatic nitrogens is 1. The van der Waals surface area contributed by atoms with E-state index in [1.165, 1.54) is 6.07 Å². The molecule has 10 nitrogen and oxygen atoms in total. The molecule has 1 unspecified atom stereocenters. The van der Waals surface area contributed by atoms with Crippen LogP contribution in [-0.4, -0.2) is 85.1 Å². The van der Waals surface area contributed by atoms with E-state index in [0.29, 0.717) is 18.8 Å². The number of benzene rings is 1. The number of aliphatic hydroxyl groups excluding tert-OH is 1. The SMILES string of the molecule is C=Nc1nc(OCc2c(F)cc(C(=O)N3CCCC3)cc2F)c(Cl)cc1NCO[C@@H]1COC2[C@H](O)CO[C@@H]21. The fourth-order valence-corrected chi connectivity index (χ4v) is 4.94. The average molecular weight is 553 g/mol. The molecule has 3 aliphatic heterocycles. The van der Waals surface area contributed by atoms with Gasteiger partial charge in [-0.2, -0.15) is 4.98 Å². The Morgan fingerprint density at radius 3 is 2.63 bits per heavy atom. The predicted molar refractivity (Wildman–Crippen MR) is 133 cm³/mol. The third-order valence-electron chi connectivity index (χ3n) is 6.75. The molecule has 204 valence electrons. The van der Waals surface area contributed by atoms with Gasteiger partial charge < -0.3 is 34.3 Å². The van der Waals surface area contributed by atoms with Crippen molar-refractivity contribution in [2.45, 2.75) is 43.9 Å². The number of aliphatic imine (C=N–C) groups is 1. The standard InChI is InChI=1S/C25H27ClF2N4O6/c1-29-23-18(30-12-38-20-11-36-21-19(33)10-35-22(20)21)8-15(26)24(31-23)37-9-14-16(27)6-13(7-17(14)28)25(34)32-4-2-3-5-32/h6-8,19-22,30,33H,1-5,9-12H2/t19-,20-,21?,22-/m1/s1. The minimum Gasteiger partial charge on any atom is -0.471 e. The Labute approximate surface area is 222 Å². The van der Waals surface area contributed by atoms with Crippen molar-refractivity contribution < 1.29 is 37.6 Å². The van der Waals surface area contributed by atoms with Gasteiger partial charge in [-0.05, 0) is 37.8 Å². The minimum atomic E-state index is -0.905. The summed E-state index contributed by atoms with van der Waals surface area (Å²) >= 11 is 6.30. The summed E-state index contributed by atoms with van der Waals surface area (Å²) < 4.78 is 51.8. The Balaban J connectivity index is 1.21. The quantitative estimate of drug-likeness (QED) is 0.360. The van der Waals surface area contributed by atoms with Crippen molar-refractivity contribution in [3.8, 4) is 5.88 Å². The fourth-order valence-electron chi connectivity index (χ4n) is 4.74. The molecule has 3 aliphatic rings. The lowest BCUT2D eigenvalue weighted by atomic mass is 10.1. The van der Waals surface area contributed by atoms with E-state index in [2.05, 4.69) is 22.0 Å². The van der Waals surface area contributed by atoms with Gasteiger partial charge in [0.2, 0.25) is 5.88 Å². The lowest BCUT2D eigenvalue weighted by Gasteiger charge is -2.18. The molecule has 0 bridgehead atoms. The maximum Gasteiger partial charge on any atom is 0.254 e. The second kappa shape index (κ2) is 11.5. The first kappa shape index (κ1) is 26.7. The van der Waals surface area contributed by atoms with E-state index in [0.717, 1.165) is 25.0 Å². The molecule has 4 atom stereocenters. The third-order valence-corrected chi connectivity index (χ3v) is 7.02. The van der Waals surface area contributed by atoms with Crippen molar-refractivity contribution in [1.29, 1.82) is 0 Å². The summed E-state index contributed by atoms with van der Waals surface area (Å²) in [6.45, 7) is 4.64. The van der Waals surface area contributed by atoms with Crippen LogP contribution in [0.4, 0.5) is 20.3 Å². The zero-order valence-electron chi connectivity index (χ0n) is 20.4. The Hall–Kier alpha value is -2.90. The number of nitrogens with one attached hydrogen (secondary N) is 1. The number of hydrogen-bond donors (Lipinski definition) is 2. The van der Waals surface area contributed by atoms with E-state index in [1.54, 1.807) is 4.90 Å². The molecule has 4 heterocycles. The lowest BCUT2D eigenvalue weighted by molar-refractivity contribution is -0.0311. The van der Waals surface area contributed by atoms with Crippen molar-refractivity contribution in [3.05, 3.63) is 46.0 Å². The van der Waals surface area contributed by atoms with Crippen LogP contribution in [0.2, 0.25) is 5.02 Å². The van der Waals surface area contributed by atoms with E-state index < -0.39 is 36.4 Å². The number of likely N-dealkylation sites (tertiary alicyclic amines) is 1. The van der Waals surface area contributed by atoms with Crippen molar-refractivity contribution in [3.63, 3.8) is 0 Å². The van der Waals surface area contributed by atoms with Crippen LogP contribution in [0.1, 0.15) is 28.8 Å². The molecule has 3 fully saturated rings. The van der Waals surface area contributed by atoms with Crippen LogP contribution in [0.5, 0.6) is 5.88 Å². The number of fused-ring (bicyclic) bond motifs is 1. The molecule has 1 amide bonds. The number of pyridine rings is 1. The fraction of sp³-hybridized carbons (Fsp3) is 0.480. The number of nitrogens with zero attached hydrogens (tertiary/aromatic N) is 3. The first-order valence-electron chi connectivity index (χ1n) is 12.2. The summed E-state index contributed by atoms with van der Waals surface area (Å²) in [4.78, 5) is 22.1. The summed E-state index contributed by atoms with van der Waals surface area (Å²) in [5.41, 5.74) is -0.0174. The summed E-state index contributed by atoms with van der Waals surface area (Å²) in [5.74, 6) is -2.18. The molecule has 38 heavy (non-hydrogen) atoms. The lowest BCUT2D eigenvalue weighted by Crippen LogP contribution is -2.33. The molecule has 3 saturated heterocycles. The zero-order chi connectivity index (χ0) is 26.8. The zero-order valence-corrected chi connectivity index (χ0v) is 21.1. The molecule has 5 rings (SSSR count). The van der Waals surface area contributed by atoms with Gasteiger partial charge in [0, 0.05) is 18.7 Å². The van der Waals surface area contributed by atoms with Crippen LogP contribution in [0.3, 0.4) is 0 Å². The number of aliphatic hydroxyl groups is 1. The second-order valence-corrected chi connectivity index (χ2v) is 9.61. The number of halogens is 3. The first-order chi connectivity index (χ1) is 18.4. The van der Waals surface area contributed by atoms with E-state index in [-0.39, 0.29) is 60.0 Å². The monoisotopic (exact) mass is 552 g/mol. The number of ether oxygens (including phenoxy) is 4. The molecule has 2 N–H and O–H groups in total. The van der Waals surface area contributed by atoms with E-state index in [4.69, 9.17) is 30.5 Å². The first-order valence-corrected chi connectivity index (χ1v) is 12.6. The number of hydrogen-bond acceptors (Lipinski definition) is 9. The Morgan fingerprint density at radius 1 is 1.21 bits per heavy atom. The van der Waals surface area contributed by atoms with Gasteiger partial charge in [0.1, 0.15) is 54.4 Å². The number of rotatable bonds is 9. The van der Waals surface area contributed by atoms with Crippen LogP contribution >= 0.6 is 11.6 Å². The predicted octanol–water partition coefficient (Wildman–Crippen LogP) is 3.07. The highest BCUT2D eigenvalue weighted by molar-refractivity contribution is 6.32. The van der Waals surface area contributed by atoms with E-state index in [1.807, 2.05) is 0 Å². The highest BCUT2D eigenvalue weighted by Gasteiger charge is 2.47. The molecule has 0 spiro atoms. The minimum absolute atomic E-state index is 0.0381. The van der Waals surface area contributed by atoms with Gasteiger partial charge in [-0.3, -0.25) is 4.79 Å². The number of carbonyl (C=O) groups excluding carboxylic acids is 1. The average Bonchev–Trinajstić information content (AvgIpc) is 3.65.